The highest BCUT2D eigenvalue weighted by molar-refractivity contribution is 7.14. The minimum Gasteiger partial charge on any atom is -0.507 e. The number of phenols is 1. The molecule has 0 spiro atoms. The van der Waals surface area contributed by atoms with E-state index in [9.17, 15) is 9.90 Å². The summed E-state index contributed by atoms with van der Waals surface area (Å²) in [5.41, 5.74) is 1.20. The van der Waals surface area contributed by atoms with Crippen LogP contribution in [0.15, 0.2) is 29.6 Å². The van der Waals surface area contributed by atoms with Crippen LogP contribution in [0.4, 0.5) is 5.13 Å². The minimum atomic E-state index is -0.349. The highest BCUT2D eigenvalue weighted by Gasteiger charge is 2.13. The Morgan fingerprint density at radius 1 is 1.39 bits per heavy atom. The van der Waals surface area contributed by atoms with Crippen LogP contribution in [-0.4, -0.2) is 16.0 Å². The molecule has 0 bridgehead atoms. The topological polar surface area (TPSA) is 62.2 Å². The van der Waals surface area contributed by atoms with Crippen molar-refractivity contribution in [1.29, 1.82) is 0 Å². The first-order valence-corrected chi connectivity index (χ1v) is 6.50. The predicted molar refractivity (Wildman–Crippen MR) is 72.3 cm³/mol. The summed E-state index contributed by atoms with van der Waals surface area (Å²) in [5.74, 6) is -0.0505. The third kappa shape index (κ3) is 2.68. The summed E-state index contributed by atoms with van der Waals surface area (Å²) in [7, 11) is 0. The van der Waals surface area contributed by atoms with E-state index in [2.05, 4.69) is 10.3 Å². The van der Waals surface area contributed by atoms with Gasteiger partial charge in [0.05, 0.1) is 11.3 Å². The fourth-order valence-corrected chi connectivity index (χ4v) is 2.31. The molecule has 0 fully saturated rings. The molecule has 0 aliphatic rings. The van der Waals surface area contributed by atoms with E-state index in [-0.39, 0.29) is 17.2 Å². The van der Waals surface area contributed by atoms with Crippen LogP contribution in [0.3, 0.4) is 0 Å². The lowest BCUT2D eigenvalue weighted by molar-refractivity contribution is 0.102. The summed E-state index contributed by atoms with van der Waals surface area (Å²) in [4.78, 5) is 16.2. The number of aromatic hydroxyl groups is 1. The molecule has 0 saturated carbocycles. The Hall–Kier alpha value is -1.88. The molecule has 5 heteroatoms. The fourth-order valence-electron chi connectivity index (χ4n) is 1.44. The van der Waals surface area contributed by atoms with Crippen molar-refractivity contribution in [2.24, 2.45) is 0 Å². The summed E-state index contributed by atoms with van der Waals surface area (Å²) < 4.78 is 0. The molecule has 1 heterocycles. The number of rotatable bonds is 3. The molecule has 0 radical (unpaired) electrons. The standard InChI is InChI=1S/C13H14N2O2S/c1-8(2)10-7-18-13(14-10)15-12(17)9-5-3-4-6-11(9)16/h3-8,16H,1-2H3,(H,14,15,17). The van der Waals surface area contributed by atoms with Crippen LogP contribution in [0.2, 0.25) is 0 Å². The molecule has 0 aliphatic carbocycles. The van der Waals surface area contributed by atoms with E-state index in [1.54, 1.807) is 18.2 Å². The molecule has 4 nitrogen and oxygen atoms in total. The zero-order chi connectivity index (χ0) is 13.1. The lowest BCUT2D eigenvalue weighted by Crippen LogP contribution is -2.11. The van der Waals surface area contributed by atoms with E-state index in [1.165, 1.54) is 17.4 Å². The first-order valence-electron chi connectivity index (χ1n) is 5.62. The number of hydrogen-bond donors (Lipinski definition) is 2. The maximum absolute atomic E-state index is 11.9. The normalized spacial score (nSPS) is 10.6. The number of nitrogens with one attached hydrogen (secondary N) is 1. The third-order valence-corrected chi connectivity index (χ3v) is 3.26. The van der Waals surface area contributed by atoms with Gasteiger partial charge in [0, 0.05) is 5.38 Å². The van der Waals surface area contributed by atoms with E-state index in [4.69, 9.17) is 0 Å². The van der Waals surface area contributed by atoms with Gasteiger partial charge in [0.15, 0.2) is 5.13 Å². The molecule has 0 atom stereocenters. The number of aromatic nitrogens is 1. The first kappa shape index (κ1) is 12.6. The molecule has 18 heavy (non-hydrogen) atoms. The number of carbonyl (C=O) groups excluding carboxylic acids is 1. The second-order valence-electron chi connectivity index (χ2n) is 4.20. The molecule has 1 amide bonds. The van der Waals surface area contributed by atoms with Crippen molar-refractivity contribution in [3.63, 3.8) is 0 Å². The summed E-state index contributed by atoms with van der Waals surface area (Å²) in [6, 6.07) is 6.43. The van der Waals surface area contributed by atoms with E-state index in [0.717, 1.165) is 5.69 Å². The average molecular weight is 262 g/mol. The van der Waals surface area contributed by atoms with Gasteiger partial charge in [0.25, 0.3) is 5.91 Å². The first-order chi connectivity index (χ1) is 8.58. The van der Waals surface area contributed by atoms with E-state index >= 15 is 0 Å². The zero-order valence-corrected chi connectivity index (χ0v) is 11.0. The van der Waals surface area contributed by atoms with Crippen molar-refractivity contribution in [2.75, 3.05) is 5.32 Å². The number of nitrogens with zero attached hydrogens (tertiary/aromatic N) is 1. The number of para-hydroxylation sites is 1. The second kappa shape index (κ2) is 5.18. The van der Waals surface area contributed by atoms with Crippen LogP contribution >= 0.6 is 11.3 Å². The van der Waals surface area contributed by atoms with Crippen LogP contribution in [0.5, 0.6) is 5.75 Å². The third-order valence-electron chi connectivity index (χ3n) is 2.48. The molecule has 0 unspecified atom stereocenters. The highest BCUT2D eigenvalue weighted by Crippen LogP contribution is 2.23. The Balaban J connectivity index is 2.14. The maximum atomic E-state index is 11.9. The van der Waals surface area contributed by atoms with Gasteiger partial charge < -0.3 is 5.11 Å². The van der Waals surface area contributed by atoms with E-state index in [0.29, 0.717) is 11.0 Å². The van der Waals surface area contributed by atoms with Crippen molar-refractivity contribution in [2.45, 2.75) is 19.8 Å². The van der Waals surface area contributed by atoms with Crippen molar-refractivity contribution in [1.82, 2.24) is 4.98 Å². The van der Waals surface area contributed by atoms with Gasteiger partial charge in [-0.1, -0.05) is 26.0 Å². The quantitative estimate of drug-likeness (QED) is 0.892. The van der Waals surface area contributed by atoms with Gasteiger partial charge in [-0.3, -0.25) is 10.1 Å². The van der Waals surface area contributed by atoms with Gasteiger partial charge >= 0.3 is 0 Å². The average Bonchev–Trinajstić information content (AvgIpc) is 2.78. The second-order valence-corrected chi connectivity index (χ2v) is 5.06. The fraction of sp³-hybridized carbons (Fsp3) is 0.231. The molecule has 0 saturated heterocycles. The number of hydrogen-bond acceptors (Lipinski definition) is 4. The monoisotopic (exact) mass is 262 g/mol. The Morgan fingerprint density at radius 2 is 2.11 bits per heavy atom. The molecular weight excluding hydrogens is 248 g/mol. The van der Waals surface area contributed by atoms with Gasteiger partial charge in [-0.25, -0.2) is 4.98 Å². The summed E-state index contributed by atoms with van der Waals surface area (Å²) in [5, 5.41) is 14.7. The predicted octanol–water partition coefficient (Wildman–Crippen LogP) is 3.22. The molecule has 94 valence electrons. The van der Waals surface area contributed by atoms with Gasteiger partial charge in [0.2, 0.25) is 0 Å². The summed E-state index contributed by atoms with van der Waals surface area (Å²) >= 11 is 1.38. The Morgan fingerprint density at radius 3 is 2.72 bits per heavy atom. The Labute approximate surface area is 109 Å². The Kier molecular flexibility index (Phi) is 3.62. The van der Waals surface area contributed by atoms with Gasteiger partial charge in [-0.2, -0.15) is 0 Å². The number of phenolic OH excluding ortho intramolecular Hbond substituents is 1. The number of anilines is 1. The minimum absolute atomic E-state index is 0.0318. The number of thiazole rings is 1. The van der Waals surface area contributed by atoms with Crippen LogP contribution in [0.1, 0.15) is 35.8 Å². The maximum Gasteiger partial charge on any atom is 0.261 e. The molecule has 0 aliphatic heterocycles. The van der Waals surface area contributed by atoms with Gasteiger partial charge in [-0.05, 0) is 18.1 Å². The lowest BCUT2D eigenvalue weighted by atomic mass is 10.2. The van der Waals surface area contributed by atoms with Gasteiger partial charge in [0.1, 0.15) is 5.75 Å². The lowest BCUT2D eigenvalue weighted by Gasteiger charge is -2.03. The SMILES string of the molecule is CC(C)c1csc(NC(=O)c2ccccc2O)n1. The van der Waals surface area contributed by atoms with Crippen LogP contribution in [0.25, 0.3) is 0 Å². The molecular formula is C13H14N2O2S. The van der Waals surface area contributed by atoms with Gasteiger partial charge in [-0.15, -0.1) is 11.3 Å². The molecule has 1 aromatic heterocycles. The van der Waals surface area contributed by atoms with Crippen molar-refractivity contribution in [3.8, 4) is 5.75 Å². The van der Waals surface area contributed by atoms with E-state index < -0.39 is 0 Å². The highest BCUT2D eigenvalue weighted by atomic mass is 32.1. The number of carbonyl (C=O) groups is 1. The number of benzene rings is 1. The molecule has 2 rings (SSSR count). The molecule has 1 aromatic carbocycles. The van der Waals surface area contributed by atoms with Crippen LogP contribution in [-0.2, 0) is 0 Å². The molecule has 2 N–H and O–H groups in total. The van der Waals surface area contributed by atoms with Crippen molar-refractivity contribution >= 4 is 22.4 Å². The zero-order valence-electron chi connectivity index (χ0n) is 10.2. The largest absolute Gasteiger partial charge is 0.507 e. The number of amides is 1. The smallest absolute Gasteiger partial charge is 0.261 e. The Bertz CT molecular complexity index is 564. The molecule has 2 aromatic rings. The van der Waals surface area contributed by atoms with Crippen LogP contribution in [0, 0.1) is 0 Å². The van der Waals surface area contributed by atoms with Crippen LogP contribution < -0.4 is 5.32 Å². The van der Waals surface area contributed by atoms with Crippen molar-refractivity contribution in [3.05, 3.63) is 40.9 Å². The van der Waals surface area contributed by atoms with Crippen molar-refractivity contribution < 1.29 is 9.90 Å². The van der Waals surface area contributed by atoms with E-state index in [1.807, 2.05) is 19.2 Å². The summed E-state index contributed by atoms with van der Waals surface area (Å²) in [6.45, 7) is 4.09. The summed E-state index contributed by atoms with van der Waals surface area (Å²) in [6.07, 6.45) is 0.